The second-order valence-corrected chi connectivity index (χ2v) is 15.0. The molecule has 2 heterocycles. The monoisotopic (exact) mass is 676 g/mol. The van der Waals surface area contributed by atoms with Gasteiger partial charge in [0.15, 0.2) is 0 Å². The van der Waals surface area contributed by atoms with Gasteiger partial charge in [0, 0.05) is 38.3 Å². The first-order chi connectivity index (χ1) is 26.0. The van der Waals surface area contributed by atoms with E-state index in [9.17, 15) is 0 Å². The largest absolute Gasteiger partial charge is 0.309 e. The van der Waals surface area contributed by atoms with E-state index in [1.807, 2.05) is 0 Å². The highest BCUT2D eigenvalue weighted by molar-refractivity contribution is 6.12. The van der Waals surface area contributed by atoms with Crippen LogP contribution in [0.2, 0.25) is 0 Å². The van der Waals surface area contributed by atoms with Crippen LogP contribution < -0.4 is 0 Å². The van der Waals surface area contributed by atoms with Crippen LogP contribution >= 0.6 is 0 Å². The van der Waals surface area contributed by atoms with Crippen molar-refractivity contribution < 1.29 is 0 Å². The van der Waals surface area contributed by atoms with Crippen LogP contribution in [-0.2, 0) is 5.41 Å². The summed E-state index contributed by atoms with van der Waals surface area (Å²) >= 11 is 0. The number of hydrogen-bond donors (Lipinski definition) is 0. The lowest BCUT2D eigenvalue weighted by atomic mass is 9.82. The van der Waals surface area contributed by atoms with Crippen molar-refractivity contribution in [2.45, 2.75) is 19.3 Å². The number of para-hydroxylation sites is 2. The average Bonchev–Trinajstić information content (AvgIpc) is 3.81. The second-order valence-electron chi connectivity index (χ2n) is 15.0. The predicted molar refractivity (Wildman–Crippen MR) is 224 cm³/mol. The van der Waals surface area contributed by atoms with E-state index in [-0.39, 0.29) is 5.41 Å². The van der Waals surface area contributed by atoms with Crippen molar-refractivity contribution in [3.8, 4) is 44.8 Å². The maximum absolute atomic E-state index is 2.46. The molecule has 1 aliphatic carbocycles. The molecule has 8 aromatic carbocycles. The third-order valence-electron chi connectivity index (χ3n) is 11.7. The fourth-order valence-corrected chi connectivity index (χ4v) is 9.16. The van der Waals surface area contributed by atoms with Crippen LogP contribution in [0.4, 0.5) is 0 Å². The van der Waals surface area contributed by atoms with E-state index >= 15 is 0 Å². The van der Waals surface area contributed by atoms with Gasteiger partial charge in [0.05, 0.1) is 22.1 Å². The van der Waals surface area contributed by atoms with Gasteiger partial charge < -0.3 is 9.13 Å². The Hall–Kier alpha value is -6.64. The highest BCUT2D eigenvalue weighted by atomic mass is 15.0. The molecule has 2 aromatic heterocycles. The van der Waals surface area contributed by atoms with Gasteiger partial charge in [-0.2, -0.15) is 0 Å². The van der Waals surface area contributed by atoms with Crippen molar-refractivity contribution in [2.24, 2.45) is 0 Å². The second kappa shape index (κ2) is 11.2. The molecule has 0 fully saturated rings. The van der Waals surface area contributed by atoms with Gasteiger partial charge in [-0.15, -0.1) is 0 Å². The van der Waals surface area contributed by atoms with Gasteiger partial charge in [-0.3, -0.25) is 0 Å². The Morgan fingerprint density at radius 2 is 0.887 bits per heavy atom. The van der Waals surface area contributed by atoms with Crippen molar-refractivity contribution in [1.82, 2.24) is 9.13 Å². The van der Waals surface area contributed by atoms with Crippen LogP contribution in [0, 0.1) is 0 Å². The normalized spacial score (nSPS) is 13.2. The summed E-state index contributed by atoms with van der Waals surface area (Å²) in [6.07, 6.45) is 0. The fraction of sp³-hybridized carbons (Fsp3) is 0.0588. The third kappa shape index (κ3) is 4.39. The van der Waals surface area contributed by atoms with Crippen molar-refractivity contribution in [1.29, 1.82) is 0 Å². The lowest BCUT2D eigenvalue weighted by Crippen LogP contribution is -2.14. The molecule has 1 aliphatic rings. The molecule has 0 unspecified atom stereocenters. The van der Waals surface area contributed by atoms with E-state index in [1.54, 1.807) is 0 Å². The average molecular weight is 677 g/mol. The summed E-state index contributed by atoms with van der Waals surface area (Å²) in [4.78, 5) is 0. The Morgan fingerprint density at radius 1 is 0.321 bits per heavy atom. The van der Waals surface area contributed by atoms with Crippen LogP contribution in [0.15, 0.2) is 182 Å². The maximum atomic E-state index is 2.46. The molecular weight excluding hydrogens is 641 g/mol. The maximum Gasteiger partial charge on any atom is 0.0547 e. The molecule has 0 saturated carbocycles. The number of benzene rings is 8. The number of fused-ring (bicyclic) bond motifs is 9. The SMILES string of the molecule is CC1(C)c2ccccc2-c2cc(-n3c4ccccc4c4ccc(-c5ccc6c(c5)c5ccccc5n6-c5cccc(-c6ccccc6)c5)cc43)ccc21. The molecule has 0 N–H and O–H groups in total. The lowest BCUT2D eigenvalue weighted by molar-refractivity contribution is 0.660. The summed E-state index contributed by atoms with van der Waals surface area (Å²) in [6, 6.07) is 67.1. The lowest BCUT2D eigenvalue weighted by Gasteiger charge is -2.21. The number of rotatable bonds is 4. The first-order valence-corrected chi connectivity index (χ1v) is 18.5. The Kier molecular flexibility index (Phi) is 6.33. The Bertz CT molecular complexity index is 3080. The van der Waals surface area contributed by atoms with Crippen molar-refractivity contribution >= 4 is 43.6 Å². The highest BCUT2D eigenvalue weighted by Gasteiger charge is 2.35. The molecule has 250 valence electrons. The van der Waals surface area contributed by atoms with Crippen molar-refractivity contribution in [3.05, 3.63) is 193 Å². The molecule has 0 saturated heterocycles. The summed E-state index contributed by atoms with van der Waals surface area (Å²) in [7, 11) is 0. The molecule has 0 aliphatic heterocycles. The van der Waals surface area contributed by atoms with Gasteiger partial charge in [0.2, 0.25) is 0 Å². The predicted octanol–water partition coefficient (Wildman–Crippen LogP) is 13.5. The third-order valence-corrected chi connectivity index (χ3v) is 11.7. The van der Waals surface area contributed by atoms with E-state index in [0.29, 0.717) is 0 Å². The van der Waals surface area contributed by atoms with E-state index in [1.165, 1.54) is 93.8 Å². The van der Waals surface area contributed by atoms with Gasteiger partial charge in [0.25, 0.3) is 0 Å². The summed E-state index contributed by atoms with van der Waals surface area (Å²) < 4.78 is 4.88. The number of nitrogens with zero attached hydrogens (tertiary/aromatic N) is 2. The zero-order valence-corrected chi connectivity index (χ0v) is 29.7. The van der Waals surface area contributed by atoms with Gasteiger partial charge >= 0.3 is 0 Å². The molecular formula is C51H36N2. The Balaban J connectivity index is 1.09. The first kappa shape index (κ1) is 30.0. The van der Waals surface area contributed by atoms with Crippen LogP contribution in [0.25, 0.3) is 88.4 Å². The minimum Gasteiger partial charge on any atom is -0.309 e. The van der Waals surface area contributed by atoms with Crippen molar-refractivity contribution in [3.63, 3.8) is 0 Å². The molecule has 2 heteroatoms. The molecule has 0 bridgehead atoms. The quantitative estimate of drug-likeness (QED) is 0.176. The first-order valence-electron chi connectivity index (χ1n) is 18.5. The van der Waals surface area contributed by atoms with Gasteiger partial charge in [-0.25, -0.2) is 0 Å². The van der Waals surface area contributed by atoms with Gasteiger partial charge in [0.1, 0.15) is 0 Å². The van der Waals surface area contributed by atoms with E-state index in [4.69, 9.17) is 0 Å². The molecule has 0 amide bonds. The zero-order chi connectivity index (χ0) is 35.3. The topological polar surface area (TPSA) is 9.86 Å². The van der Waals surface area contributed by atoms with Crippen LogP contribution in [0.3, 0.4) is 0 Å². The van der Waals surface area contributed by atoms with Gasteiger partial charge in [-0.1, -0.05) is 141 Å². The molecule has 2 nitrogen and oxygen atoms in total. The smallest absolute Gasteiger partial charge is 0.0547 e. The molecule has 53 heavy (non-hydrogen) atoms. The molecule has 10 aromatic rings. The van der Waals surface area contributed by atoms with Crippen LogP contribution in [0.1, 0.15) is 25.0 Å². The van der Waals surface area contributed by atoms with Gasteiger partial charge in [-0.05, 0) is 99.1 Å². The summed E-state index contributed by atoms with van der Waals surface area (Å²) in [6.45, 7) is 4.69. The molecule has 0 radical (unpaired) electrons. The zero-order valence-electron chi connectivity index (χ0n) is 29.7. The van der Waals surface area contributed by atoms with E-state index < -0.39 is 0 Å². The van der Waals surface area contributed by atoms with Crippen LogP contribution in [-0.4, -0.2) is 9.13 Å². The Labute approximate surface area is 308 Å². The molecule has 0 spiro atoms. The fourth-order valence-electron chi connectivity index (χ4n) is 9.16. The summed E-state index contributed by atoms with van der Waals surface area (Å²) in [5.41, 5.74) is 17.5. The number of aromatic nitrogens is 2. The minimum absolute atomic E-state index is 0.0229. The van der Waals surface area contributed by atoms with Crippen LogP contribution in [0.5, 0.6) is 0 Å². The number of hydrogen-bond acceptors (Lipinski definition) is 0. The standard InChI is InChI=1S/C51H36N2/c1-51(2)45-20-9-6-17-39(45)43-32-38(25-27-46(43)51)53-47-21-10-7-18-40(47)42-26-23-36(31-50(42)53)35-24-28-49-44(30-35)41-19-8-11-22-48(41)52(49)37-16-12-15-34(29-37)33-13-4-3-5-14-33/h3-32H,1-2H3. The van der Waals surface area contributed by atoms with E-state index in [2.05, 4.69) is 205 Å². The Morgan fingerprint density at radius 3 is 1.72 bits per heavy atom. The van der Waals surface area contributed by atoms with Crippen molar-refractivity contribution in [2.75, 3.05) is 0 Å². The minimum atomic E-state index is -0.0229. The van der Waals surface area contributed by atoms with E-state index in [0.717, 1.165) is 5.69 Å². The summed E-state index contributed by atoms with van der Waals surface area (Å²) in [5, 5.41) is 5.04. The summed E-state index contributed by atoms with van der Waals surface area (Å²) in [5.74, 6) is 0. The highest BCUT2D eigenvalue weighted by Crippen LogP contribution is 2.49. The molecule has 0 atom stereocenters. The molecule has 11 rings (SSSR count).